The molecule has 2 heterocycles. The van der Waals surface area contributed by atoms with Crippen molar-refractivity contribution >= 4 is 17.0 Å². The van der Waals surface area contributed by atoms with E-state index >= 15 is 0 Å². The largest absolute Gasteiger partial charge is 0.369 e. The number of fused-ring (bicyclic) bond motifs is 1. The number of nitrogens with zero attached hydrogens (tertiary/aromatic N) is 4. The molecule has 0 aliphatic rings. The van der Waals surface area contributed by atoms with E-state index in [2.05, 4.69) is 9.97 Å². The van der Waals surface area contributed by atoms with E-state index in [0.29, 0.717) is 11.5 Å². The van der Waals surface area contributed by atoms with Crippen LogP contribution in [0.25, 0.3) is 11.0 Å². The molecule has 0 spiro atoms. The van der Waals surface area contributed by atoms with Crippen molar-refractivity contribution in [3.05, 3.63) is 42.7 Å². The van der Waals surface area contributed by atoms with Gasteiger partial charge < -0.3 is 14.9 Å². The Bertz CT molecular complexity index is 686. The fourth-order valence-electron chi connectivity index (χ4n) is 2.19. The summed E-state index contributed by atoms with van der Waals surface area (Å²) in [5.74, 6) is 0.127. The molecule has 0 aliphatic heterocycles. The zero-order valence-electron chi connectivity index (χ0n) is 10.3. The summed E-state index contributed by atoms with van der Waals surface area (Å²) >= 11 is 0. The van der Waals surface area contributed by atoms with Gasteiger partial charge in [0.2, 0.25) is 5.95 Å². The Labute approximate surface area is 109 Å². The molecule has 3 rings (SSSR count). The monoisotopic (exact) mass is 259 g/mol. The van der Waals surface area contributed by atoms with Gasteiger partial charge in [0.15, 0.2) is 0 Å². The molecule has 0 amide bonds. The van der Waals surface area contributed by atoms with Gasteiger partial charge in [-0.05, 0) is 18.6 Å². The smallest absolute Gasteiger partial charge is 0.201 e. The van der Waals surface area contributed by atoms with Gasteiger partial charge in [0.05, 0.1) is 17.4 Å². The van der Waals surface area contributed by atoms with Gasteiger partial charge in [-0.3, -0.25) is 0 Å². The molecule has 2 N–H and O–H groups in total. The highest BCUT2D eigenvalue weighted by molar-refractivity contribution is 5.78. The molecule has 0 fully saturated rings. The third kappa shape index (κ3) is 2.29. The molecule has 0 saturated heterocycles. The molecule has 19 heavy (non-hydrogen) atoms. The zero-order chi connectivity index (χ0) is 13.2. The summed E-state index contributed by atoms with van der Waals surface area (Å²) in [5, 5.41) is 0. The Morgan fingerprint density at radius 3 is 2.95 bits per heavy atom. The SMILES string of the molecule is Nc1nc2cc(F)ccc2n1CCCn1ccnc1. The van der Waals surface area contributed by atoms with E-state index in [1.54, 1.807) is 18.6 Å². The molecule has 0 radical (unpaired) electrons. The summed E-state index contributed by atoms with van der Waals surface area (Å²) in [6.07, 6.45) is 6.36. The van der Waals surface area contributed by atoms with E-state index in [0.717, 1.165) is 25.0 Å². The van der Waals surface area contributed by atoms with Crippen LogP contribution in [0.4, 0.5) is 10.3 Å². The maximum Gasteiger partial charge on any atom is 0.201 e. The number of anilines is 1. The van der Waals surface area contributed by atoms with Crippen molar-refractivity contribution in [2.45, 2.75) is 19.5 Å². The van der Waals surface area contributed by atoms with Crippen LogP contribution in [-0.2, 0) is 13.1 Å². The van der Waals surface area contributed by atoms with E-state index in [-0.39, 0.29) is 5.82 Å². The predicted octanol–water partition coefficient (Wildman–Crippen LogP) is 2.04. The van der Waals surface area contributed by atoms with Crippen molar-refractivity contribution in [3.8, 4) is 0 Å². The summed E-state index contributed by atoms with van der Waals surface area (Å²) in [7, 11) is 0. The molecule has 3 aromatic rings. The van der Waals surface area contributed by atoms with Crippen molar-refractivity contribution in [2.75, 3.05) is 5.73 Å². The predicted molar refractivity (Wildman–Crippen MR) is 70.9 cm³/mol. The minimum absolute atomic E-state index is 0.296. The highest BCUT2D eigenvalue weighted by Gasteiger charge is 2.08. The number of hydrogen-bond acceptors (Lipinski definition) is 3. The van der Waals surface area contributed by atoms with Crippen LogP contribution in [0.1, 0.15) is 6.42 Å². The quantitative estimate of drug-likeness (QED) is 0.780. The second-order valence-corrected chi connectivity index (χ2v) is 4.41. The van der Waals surface area contributed by atoms with Gasteiger partial charge in [-0.1, -0.05) is 0 Å². The molecule has 6 heteroatoms. The number of imidazole rings is 2. The first-order chi connectivity index (χ1) is 9.24. The molecule has 1 aromatic carbocycles. The van der Waals surface area contributed by atoms with E-state index in [1.807, 2.05) is 15.3 Å². The molecular formula is C13H14FN5. The Morgan fingerprint density at radius 1 is 1.26 bits per heavy atom. The van der Waals surface area contributed by atoms with Crippen LogP contribution in [0.2, 0.25) is 0 Å². The molecule has 0 atom stereocenters. The van der Waals surface area contributed by atoms with Crippen molar-refractivity contribution < 1.29 is 4.39 Å². The first kappa shape index (κ1) is 11.7. The van der Waals surface area contributed by atoms with Crippen molar-refractivity contribution in [2.24, 2.45) is 0 Å². The van der Waals surface area contributed by atoms with Crippen LogP contribution in [0.15, 0.2) is 36.9 Å². The summed E-state index contributed by atoms with van der Waals surface area (Å²) in [5.41, 5.74) is 7.34. The highest BCUT2D eigenvalue weighted by Crippen LogP contribution is 2.19. The highest BCUT2D eigenvalue weighted by atomic mass is 19.1. The number of nitrogens with two attached hydrogens (primary N) is 1. The lowest BCUT2D eigenvalue weighted by atomic mass is 10.3. The number of aryl methyl sites for hydroxylation is 2. The summed E-state index contributed by atoms with van der Waals surface area (Å²) in [6, 6.07) is 4.54. The Kier molecular flexibility index (Phi) is 2.91. The van der Waals surface area contributed by atoms with Gasteiger partial charge in [-0.2, -0.15) is 0 Å². The first-order valence-corrected chi connectivity index (χ1v) is 6.11. The van der Waals surface area contributed by atoms with Crippen LogP contribution in [0.3, 0.4) is 0 Å². The fraction of sp³-hybridized carbons (Fsp3) is 0.231. The Balaban J connectivity index is 1.78. The Hall–Kier alpha value is -2.37. The first-order valence-electron chi connectivity index (χ1n) is 6.11. The molecule has 98 valence electrons. The third-order valence-electron chi connectivity index (χ3n) is 3.10. The molecule has 0 aliphatic carbocycles. The third-order valence-corrected chi connectivity index (χ3v) is 3.10. The lowest BCUT2D eigenvalue weighted by Crippen LogP contribution is -2.06. The fourth-order valence-corrected chi connectivity index (χ4v) is 2.19. The topological polar surface area (TPSA) is 61.7 Å². The second kappa shape index (κ2) is 4.72. The van der Waals surface area contributed by atoms with Crippen LogP contribution in [0, 0.1) is 5.82 Å². The molecule has 0 unspecified atom stereocenters. The number of hydrogen-bond donors (Lipinski definition) is 1. The molecule has 0 saturated carbocycles. The van der Waals surface area contributed by atoms with Crippen LogP contribution >= 0.6 is 0 Å². The van der Waals surface area contributed by atoms with Gasteiger partial charge in [-0.15, -0.1) is 0 Å². The van der Waals surface area contributed by atoms with Gasteiger partial charge in [0, 0.05) is 31.5 Å². The maximum absolute atomic E-state index is 13.1. The summed E-state index contributed by atoms with van der Waals surface area (Å²) in [4.78, 5) is 8.16. The van der Waals surface area contributed by atoms with E-state index < -0.39 is 0 Å². The molecule has 5 nitrogen and oxygen atoms in total. The Morgan fingerprint density at radius 2 is 2.16 bits per heavy atom. The minimum Gasteiger partial charge on any atom is -0.369 e. The standard InChI is InChI=1S/C13H14FN5/c14-10-2-3-12-11(8-10)17-13(15)19(12)6-1-5-18-7-4-16-9-18/h2-4,7-9H,1,5-6H2,(H2,15,17). The molecule has 0 bridgehead atoms. The maximum atomic E-state index is 13.1. The van der Waals surface area contributed by atoms with Gasteiger partial charge in [0.1, 0.15) is 5.82 Å². The number of benzene rings is 1. The van der Waals surface area contributed by atoms with E-state index in [9.17, 15) is 4.39 Å². The van der Waals surface area contributed by atoms with Crippen LogP contribution < -0.4 is 5.73 Å². The lowest BCUT2D eigenvalue weighted by Gasteiger charge is -2.06. The van der Waals surface area contributed by atoms with Crippen molar-refractivity contribution in [1.82, 2.24) is 19.1 Å². The van der Waals surface area contributed by atoms with Crippen LogP contribution in [-0.4, -0.2) is 19.1 Å². The molecule has 2 aromatic heterocycles. The summed E-state index contributed by atoms with van der Waals surface area (Å²) in [6.45, 7) is 1.60. The van der Waals surface area contributed by atoms with Crippen molar-refractivity contribution in [3.63, 3.8) is 0 Å². The number of aromatic nitrogens is 4. The zero-order valence-corrected chi connectivity index (χ0v) is 10.3. The molecular weight excluding hydrogens is 245 g/mol. The lowest BCUT2D eigenvalue weighted by molar-refractivity contribution is 0.575. The van der Waals surface area contributed by atoms with Gasteiger partial charge in [-0.25, -0.2) is 14.4 Å². The van der Waals surface area contributed by atoms with Gasteiger partial charge in [0.25, 0.3) is 0 Å². The second-order valence-electron chi connectivity index (χ2n) is 4.41. The van der Waals surface area contributed by atoms with E-state index in [4.69, 9.17) is 5.73 Å². The number of nitrogen functional groups attached to an aromatic ring is 1. The van der Waals surface area contributed by atoms with Crippen LogP contribution in [0.5, 0.6) is 0 Å². The van der Waals surface area contributed by atoms with Gasteiger partial charge >= 0.3 is 0 Å². The summed E-state index contributed by atoms with van der Waals surface area (Å²) < 4.78 is 17.0. The normalized spacial score (nSPS) is 11.2. The van der Waals surface area contributed by atoms with E-state index in [1.165, 1.54) is 12.1 Å². The average molecular weight is 259 g/mol. The minimum atomic E-state index is -0.296. The van der Waals surface area contributed by atoms with Crippen molar-refractivity contribution in [1.29, 1.82) is 0 Å². The number of halogens is 1. The number of rotatable bonds is 4. The average Bonchev–Trinajstić information content (AvgIpc) is 2.98.